The zero-order valence-corrected chi connectivity index (χ0v) is 25.0. The van der Waals surface area contributed by atoms with E-state index in [1.165, 1.54) is 6.07 Å². The number of carbonyl (C=O) groups is 1. The lowest BCUT2D eigenvalue weighted by atomic mass is 9.93. The average Bonchev–Trinajstić information content (AvgIpc) is 3.61. The largest absolute Gasteiger partial charge is 0.478 e. The molecule has 45 heavy (non-hydrogen) atoms. The Kier molecular flexibility index (Phi) is 7.99. The lowest BCUT2D eigenvalue weighted by molar-refractivity contribution is -0.0592. The van der Waals surface area contributed by atoms with E-state index < -0.39 is 5.97 Å². The topological polar surface area (TPSA) is 120 Å². The highest BCUT2D eigenvalue weighted by molar-refractivity contribution is 5.92. The molecular weight excluding hydrogens is 577 g/mol. The third kappa shape index (κ3) is 6.29. The Balaban J connectivity index is 0.982. The molecule has 3 aromatic heterocycles. The van der Waals surface area contributed by atoms with Crippen LogP contribution in [0.5, 0.6) is 5.88 Å². The van der Waals surface area contributed by atoms with Crippen molar-refractivity contribution in [3.8, 4) is 17.1 Å². The van der Waals surface area contributed by atoms with Gasteiger partial charge in [-0.3, -0.25) is 9.58 Å². The zero-order chi connectivity index (χ0) is 30.9. The molecule has 5 aromatic rings. The summed E-state index contributed by atoms with van der Waals surface area (Å²) in [4.78, 5) is 23.7. The summed E-state index contributed by atoms with van der Waals surface area (Å²) < 4.78 is 30.2. The number of benzene rings is 2. The van der Waals surface area contributed by atoms with Gasteiger partial charge in [0.2, 0.25) is 5.88 Å². The molecule has 7 rings (SSSR count). The number of nitrogens with zero attached hydrogens (tertiary/aromatic N) is 7. The predicted octanol–water partition coefficient (Wildman–Crippen LogP) is 4.81. The van der Waals surface area contributed by atoms with Crippen molar-refractivity contribution in [2.24, 2.45) is 7.05 Å². The number of carboxylic acid groups (broad SMARTS) is 1. The highest BCUT2D eigenvalue weighted by Gasteiger charge is 2.26. The van der Waals surface area contributed by atoms with Crippen LogP contribution in [0.4, 0.5) is 4.39 Å². The molecule has 2 aliphatic rings. The maximum Gasteiger partial charge on any atom is 0.335 e. The monoisotopic (exact) mass is 611 g/mol. The van der Waals surface area contributed by atoms with Crippen LogP contribution in [0.1, 0.15) is 52.6 Å². The van der Waals surface area contributed by atoms with E-state index in [0.29, 0.717) is 35.8 Å². The van der Waals surface area contributed by atoms with Crippen LogP contribution in [0, 0.1) is 5.82 Å². The van der Waals surface area contributed by atoms with Crippen molar-refractivity contribution in [1.29, 1.82) is 0 Å². The number of aryl methyl sites for hydroxylation is 1. The second kappa shape index (κ2) is 12.4. The number of fused-ring (bicyclic) bond motifs is 1. The molecule has 0 bridgehead atoms. The number of piperidine rings is 1. The summed E-state index contributed by atoms with van der Waals surface area (Å²) in [6.07, 6.45) is 4.73. The molecular formula is C33H34FN7O4. The van der Waals surface area contributed by atoms with Crippen LogP contribution < -0.4 is 4.74 Å². The van der Waals surface area contributed by atoms with E-state index in [4.69, 9.17) is 19.4 Å². The van der Waals surface area contributed by atoms with Gasteiger partial charge in [-0.1, -0.05) is 23.4 Å². The molecule has 2 aliphatic heterocycles. The van der Waals surface area contributed by atoms with Gasteiger partial charge in [0.05, 0.1) is 42.0 Å². The van der Waals surface area contributed by atoms with Gasteiger partial charge >= 0.3 is 5.97 Å². The molecule has 5 heterocycles. The van der Waals surface area contributed by atoms with Gasteiger partial charge < -0.3 is 19.1 Å². The number of aromatic carboxylic acids is 1. The highest BCUT2D eigenvalue weighted by Crippen LogP contribution is 2.30. The molecule has 0 aliphatic carbocycles. The van der Waals surface area contributed by atoms with Gasteiger partial charge in [0.25, 0.3) is 0 Å². The van der Waals surface area contributed by atoms with E-state index in [0.717, 1.165) is 61.5 Å². The predicted molar refractivity (Wildman–Crippen MR) is 163 cm³/mol. The third-order valence-corrected chi connectivity index (χ3v) is 8.70. The van der Waals surface area contributed by atoms with Crippen LogP contribution in [-0.4, -0.2) is 71.3 Å². The molecule has 1 atom stereocenters. The normalized spacial score (nSPS) is 17.4. The fourth-order valence-electron chi connectivity index (χ4n) is 6.04. The van der Waals surface area contributed by atoms with Crippen molar-refractivity contribution >= 4 is 17.0 Å². The maximum atomic E-state index is 14.8. The standard InChI is InChI=1S/C33H34FN7O4/c1-39-18-29(37-38-39)22-5-6-24(26(34)15-22)20-45-32-4-2-3-27(36-32)21-9-12-40(13-10-21)19-31-35-28-8-7-23(33(42)43)16-30(28)41(31)17-25-11-14-44-25/h2-8,15-16,18,21,25H,9-14,17,19-20H2,1H3,(H,42,43)/t25-/m0/s1. The quantitative estimate of drug-likeness (QED) is 0.237. The Morgan fingerprint density at radius 1 is 1.09 bits per heavy atom. The Morgan fingerprint density at radius 3 is 2.64 bits per heavy atom. The molecule has 0 spiro atoms. The summed E-state index contributed by atoms with van der Waals surface area (Å²) >= 11 is 0. The molecule has 0 saturated carbocycles. The summed E-state index contributed by atoms with van der Waals surface area (Å²) in [7, 11) is 1.77. The molecule has 0 radical (unpaired) electrons. The Labute approximate surface area is 259 Å². The van der Waals surface area contributed by atoms with Crippen LogP contribution in [0.3, 0.4) is 0 Å². The first kappa shape index (κ1) is 29.1. The maximum absolute atomic E-state index is 14.8. The fraction of sp³-hybridized carbons (Fsp3) is 0.364. The molecule has 1 N–H and O–H groups in total. The van der Waals surface area contributed by atoms with Crippen molar-refractivity contribution in [2.75, 3.05) is 19.7 Å². The summed E-state index contributed by atoms with van der Waals surface area (Å²) in [5.74, 6) is 0.370. The minimum atomic E-state index is -0.948. The van der Waals surface area contributed by atoms with Gasteiger partial charge in [-0.05, 0) is 62.7 Å². The first-order chi connectivity index (χ1) is 21.9. The molecule has 0 amide bonds. The Bertz CT molecular complexity index is 1840. The van der Waals surface area contributed by atoms with Gasteiger partial charge in [0.1, 0.15) is 23.9 Å². The lowest BCUT2D eigenvalue weighted by Crippen LogP contribution is -2.35. The van der Waals surface area contributed by atoms with E-state index in [2.05, 4.69) is 19.8 Å². The first-order valence-corrected chi connectivity index (χ1v) is 15.2. The van der Waals surface area contributed by atoms with Crippen LogP contribution in [0.25, 0.3) is 22.3 Å². The first-order valence-electron chi connectivity index (χ1n) is 15.2. The van der Waals surface area contributed by atoms with Gasteiger partial charge in [-0.2, -0.15) is 0 Å². The second-order valence-electron chi connectivity index (χ2n) is 11.8. The van der Waals surface area contributed by atoms with Crippen molar-refractivity contribution in [3.63, 3.8) is 0 Å². The summed E-state index contributed by atoms with van der Waals surface area (Å²) in [5, 5.41) is 17.5. The summed E-state index contributed by atoms with van der Waals surface area (Å²) in [5.41, 5.74) is 4.57. The average molecular weight is 612 g/mol. The van der Waals surface area contributed by atoms with Gasteiger partial charge in [0.15, 0.2) is 0 Å². The van der Waals surface area contributed by atoms with Crippen molar-refractivity contribution in [2.45, 2.75) is 51.0 Å². The number of ether oxygens (including phenoxy) is 2. The summed E-state index contributed by atoms with van der Waals surface area (Å²) in [6.45, 7) is 3.93. The molecule has 12 heteroatoms. The fourth-order valence-corrected chi connectivity index (χ4v) is 6.04. The molecule has 0 unspecified atom stereocenters. The van der Waals surface area contributed by atoms with E-state index >= 15 is 0 Å². The number of hydrogen-bond acceptors (Lipinski definition) is 8. The van der Waals surface area contributed by atoms with Crippen LogP contribution in [0.15, 0.2) is 60.8 Å². The van der Waals surface area contributed by atoms with Gasteiger partial charge in [0, 0.05) is 42.5 Å². The third-order valence-electron chi connectivity index (χ3n) is 8.70. The lowest BCUT2D eigenvalue weighted by Gasteiger charge is -2.32. The van der Waals surface area contributed by atoms with E-state index in [1.807, 2.05) is 18.2 Å². The number of imidazole rings is 1. The zero-order valence-electron chi connectivity index (χ0n) is 25.0. The van der Waals surface area contributed by atoms with Crippen LogP contribution >= 0.6 is 0 Å². The molecule has 11 nitrogen and oxygen atoms in total. The SMILES string of the molecule is Cn1cc(-c2ccc(COc3cccc(C4CCN(Cc5nc6ccc(C(=O)O)cc6n5C[C@@H]5CCO5)CC4)n3)c(F)c2)nn1. The highest BCUT2D eigenvalue weighted by atomic mass is 19.1. The molecule has 2 saturated heterocycles. The van der Waals surface area contributed by atoms with Crippen LogP contribution in [-0.2, 0) is 31.5 Å². The number of aromatic nitrogens is 6. The smallest absolute Gasteiger partial charge is 0.335 e. The number of rotatable bonds is 10. The van der Waals surface area contributed by atoms with Crippen molar-refractivity contribution in [1.82, 2.24) is 34.4 Å². The number of hydrogen-bond donors (Lipinski definition) is 1. The minimum absolute atomic E-state index is 0.0718. The number of halogens is 1. The van der Waals surface area contributed by atoms with Gasteiger partial charge in [-0.15, -0.1) is 5.10 Å². The van der Waals surface area contributed by atoms with E-state index in [1.54, 1.807) is 48.3 Å². The molecule has 232 valence electrons. The number of pyridine rings is 1. The number of likely N-dealkylation sites (tertiary alicyclic amines) is 1. The van der Waals surface area contributed by atoms with Crippen molar-refractivity contribution < 1.29 is 23.8 Å². The molecule has 2 fully saturated rings. The Hall–Kier alpha value is -4.68. The number of carboxylic acids is 1. The summed E-state index contributed by atoms with van der Waals surface area (Å²) in [6, 6.07) is 15.8. The Morgan fingerprint density at radius 2 is 1.93 bits per heavy atom. The van der Waals surface area contributed by atoms with Crippen molar-refractivity contribution in [3.05, 3.63) is 89.3 Å². The van der Waals surface area contributed by atoms with E-state index in [9.17, 15) is 14.3 Å². The van der Waals surface area contributed by atoms with Crippen LogP contribution in [0.2, 0.25) is 0 Å². The second-order valence-corrected chi connectivity index (χ2v) is 11.8. The molecule has 2 aromatic carbocycles. The minimum Gasteiger partial charge on any atom is -0.478 e. The van der Waals surface area contributed by atoms with Gasteiger partial charge in [-0.25, -0.2) is 19.2 Å². The van der Waals surface area contributed by atoms with E-state index in [-0.39, 0.29) is 30.0 Å².